The maximum Gasteiger partial charge on any atom is 0.252 e. The van der Waals surface area contributed by atoms with E-state index < -0.39 is 10.0 Å². The minimum Gasteiger partial charge on any atom is -0.380 e. The summed E-state index contributed by atoms with van der Waals surface area (Å²) in [6, 6.07) is 3.51. The van der Waals surface area contributed by atoms with Gasteiger partial charge in [-0.2, -0.15) is 4.31 Å². The fourth-order valence-corrected chi connectivity index (χ4v) is 5.27. The molecule has 1 saturated heterocycles. The van der Waals surface area contributed by atoms with E-state index in [1.165, 1.54) is 15.6 Å². The Hall–Kier alpha value is -0.140. The summed E-state index contributed by atoms with van der Waals surface area (Å²) in [6.07, 6.45) is 1.49. The van der Waals surface area contributed by atoms with Crippen LogP contribution in [0, 0.1) is 0 Å². The summed E-state index contributed by atoms with van der Waals surface area (Å²) in [7, 11) is -1.73. The number of nitrogens with zero attached hydrogens (tertiary/aromatic N) is 1. The molecule has 0 N–H and O–H groups in total. The Morgan fingerprint density at radius 1 is 1.56 bits per heavy atom. The lowest BCUT2D eigenvalue weighted by atomic mass is 10.3. The fraction of sp³-hybridized carbons (Fsp3) is 0.636. The number of hydrogen-bond acceptors (Lipinski definition) is 4. The van der Waals surface area contributed by atoms with E-state index in [0.717, 1.165) is 11.3 Å². The van der Waals surface area contributed by atoms with Crippen molar-refractivity contribution in [3.05, 3.63) is 17.0 Å². The van der Waals surface area contributed by atoms with Gasteiger partial charge in [-0.1, -0.05) is 0 Å². The summed E-state index contributed by atoms with van der Waals surface area (Å²) in [5.41, 5.74) is 0. The summed E-state index contributed by atoms with van der Waals surface area (Å²) in [5.74, 6) is 0.509. The molecule has 4 nitrogen and oxygen atoms in total. The van der Waals surface area contributed by atoms with Gasteiger partial charge in [-0.05, 0) is 25.0 Å². The zero-order chi connectivity index (χ0) is 13.2. The standard InChI is InChI=1S/C11H16ClNO3S2/c1-16-9-5-7-13(8-9)18(14,15)11-3-2-10(17-11)4-6-12/h2-3,9H,4-8H2,1H3. The predicted octanol–water partition coefficient (Wildman–Crippen LogP) is 1.94. The molecule has 0 aromatic carbocycles. The molecule has 2 heterocycles. The van der Waals surface area contributed by atoms with Crippen LogP contribution < -0.4 is 0 Å². The third-order valence-corrected chi connectivity index (χ3v) is 6.68. The van der Waals surface area contributed by atoms with Gasteiger partial charge in [-0.3, -0.25) is 0 Å². The van der Waals surface area contributed by atoms with Crippen molar-refractivity contribution < 1.29 is 13.2 Å². The van der Waals surface area contributed by atoms with Crippen molar-refractivity contribution >= 4 is 33.0 Å². The Kier molecular flexibility index (Phi) is 4.66. The zero-order valence-corrected chi connectivity index (χ0v) is 12.5. The molecular formula is C11H16ClNO3S2. The van der Waals surface area contributed by atoms with Crippen molar-refractivity contribution in [2.75, 3.05) is 26.1 Å². The largest absolute Gasteiger partial charge is 0.380 e. The van der Waals surface area contributed by atoms with Crippen LogP contribution in [-0.4, -0.2) is 44.9 Å². The van der Waals surface area contributed by atoms with Crippen LogP contribution in [-0.2, 0) is 21.2 Å². The van der Waals surface area contributed by atoms with Crippen molar-refractivity contribution in [2.45, 2.75) is 23.2 Å². The molecule has 1 aliphatic heterocycles. The molecule has 18 heavy (non-hydrogen) atoms. The average molecular weight is 310 g/mol. The molecule has 0 radical (unpaired) electrons. The highest BCUT2D eigenvalue weighted by Gasteiger charge is 2.33. The molecule has 0 bridgehead atoms. The SMILES string of the molecule is COC1CCN(S(=O)(=O)c2ccc(CCCl)s2)C1. The van der Waals surface area contributed by atoms with Crippen LogP contribution in [0.2, 0.25) is 0 Å². The Bertz CT molecular complexity index is 500. The first kappa shape index (κ1) is 14.3. The summed E-state index contributed by atoms with van der Waals surface area (Å²) in [5, 5.41) is 0. The number of methoxy groups -OCH3 is 1. The van der Waals surface area contributed by atoms with Gasteiger partial charge in [-0.15, -0.1) is 22.9 Å². The maximum absolute atomic E-state index is 12.4. The number of alkyl halides is 1. The smallest absolute Gasteiger partial charge is 0.252 e. The molecule has 102 valence electrons. The first-order valence-electron chi connectivity index (χ1n) is 5.75. The molecule has 1 unspecified atom stereocenters. The third kappa shape index (κ3) is 2.88. The summed E-state index contributed by atoms with van der Waals surface area (Å²) >= 11 is 6.96. The molecule has 1 aliphatic rings. The molecule has 0 saturated carbocycles. The first-order valence-corrected chi connectivity index (χ1v) is 8.54. The van der Waals surface area contributed by atoms with Gasteiger partial charge in [0.2, 0.25) is 0 Å². The van der Waals surface area contributed by atoms with Crippen LogP contribution >= 0.6 is 22.9 Å². The maximum atomic E-state index is 12.4. The monoisotopic (exact) mass is 309 g/mol. The lowest BCUT2D eigenvalue weighted by molar-refractivity contribution is 0.115. The van der Waals surface area contributed by atoms with E-state index in [1.54, 1.807) is 13.2 Å². The quantitative estimate of drug-likeness (QED) is 0.781. The number of sulfonamides is 1. The summed E-state index contributed by atoms with van der Waals surface area (Å²) in [6.45, 7) is 0.977. The van der Waals surface area contributed by atoms with Crippen LogP contribution in [0.15, 0.2) is 16.3 Å². The normalized spacial score (nSPS) is 21.6. The zero-order valence-electron chi connectivity index (χ0n) is 10.1. The van der Waals surface area contributed by atoms with Crippen molar-refractivity contribution in [3.63, 3.8) is 0 Å². The van der Waals surface area contributed by atoms with Crippen molar-refractivity contribution in [1.82, 2.24) is 4.31 Å². The lowest BCUT2D eigenvalue weighted by Gasteiger charge is -2.14. The molecular weight excluding hydrogens is 294 g/mol. The second kappa shape index (κ2) is 5.88. The number of rotatable bonds is 5. The molecule has 1 aromatic rings. The highest BCUT2D eigenvalue weighted by Crippen LogP contribution is 2.28. The fourth-order valence-electron chi connectivity index (χ4n) is 1.96. The first-order chi connectivity index (χ1) is 8.57. The van der Waals surface area contributed by atoms with Gasteiger partial charge in [-0.25, -0.2) is 8.42 Å². The van der Waals surface area contributed by atoms with E-state index in [0.29, 0.717) is 29.6 Å². The lowest BCUT2D eigenvalue weighted by Crippen LogP contribution is -2.29. The van der Waals surface area contributed by atoms with E-state index in [2.05, 4.69) is 0 Å². The topological polar surface area (TPSA) is 46.6 Å². The van der Waals surface area contributed by atoms with Crippen LogP contribution in [0.5, 0.6) is 0 Å². The molecule has 1 fully saturated rings. The minimum atomic E-state index is -3.35. The van der Waals surface area contributed by atoms with Crippen molar-refractivity contribution in [1.29, 1.82) is 0 Å². The van der Waals surface area contributed by atoms with E-state index in [9.17, 15) is 8.42 Å². The van der Waals surface area contributed by atoms with Crippen molar-refractivity contribution in [3.8, 4) is 0 Å². The number of thiophene rings is 1. The van der Waals surface area contributed by atoms with Gasteiger partial charge in [0.15, 0.2) is 0 Å². The molecule has 0 aliphatic carbocycles. The molecule has 0 spiro atoms. The van der Waals surface area contributed by atoms with Crippen LogP contribution in [0.1, 0.15) is 11.3 Å². The second-order valence-corrected chi connectivity index (χ2v) is 7.88. The highest BCUT2D eigenvalue weighted by atomic mass is 35.5. The van der Waals surface area contributed by atoms with E-state index in [-0.39, 0.29) is 6.10 Å². The van der Waals surface area contributed by atoms with Gasteiger partial charge >= 0.3 is 0 Å². The molecule has 1 aromatic heterocycles. The molecule has 1 atom stereocenters. The van der Waals surface area contributed by atoms with Gasteiger partial charge in [0.1, 0.15) is 4.21 Å². The molecule has 7 heteroatoms. The number of halogens is 1. The molecule has 0 amide bonds. The van der Waals surface area contributed by atoms with Crippen LogP contribution in [0.4, 0.5) is 0 Å². The average Bonchev–Trinajstić information content (AvgIpc) is 2.98. The number of hydrogen-bond donors (Lipinski definition) is 0. The highest BCUT2D eigenvalue weighted by molar-refractivity contribution is 7.91. The summed E-state index contributed by atoms with van der Waals surface area (Å²) in [4.78, 5) is 1.01. The van der Waals surface area contributed by atoms with Gasteiger partial charge in [0.25, 0.3) is 10.0 Å². The van der Waals surface area contributed by atoms with Gasteiger partial charge in [0, 0.05) is 31.0 Å². The second-order valence-electron chi connectivity index (χ2n) is 4.17. The Labute approximate surface area is 117 Å². The van der Waals surface area contributed by atoms with Crippen LogP contribution in [0.3, 0.4) is 0 Å². The number of aryl methyl sites for hydroxylation is 1. The Morgan fingerprint density at radius 3 is 2.94 bits per heavy atom. The van der Waals surface area contributed by atoms with Crippen LogP contribution in [0.25, 0.3) is 0 Å². The van der Waals surface area contributed by atoms with Gasteiger partial charge in [0.05, 0.1) is 6.10 Å². The van der Waals surface area contributed by atoms with E-state index in [1.807, 2.05) is 6.07 Å². The van der Waals surface area contributed by atoms with E-state index in [4.69, 9.17) is 16.3 Å². The predicted molar refractivity (Wildman–Crippen MR) is 72.9 cm³/mol. The minimum absolute atomic E-state index is 0.0158. The Morgan fingerprint density at radius 2 is 2.33 bits per heavy atom. The van der Waals surface area contributed by atoms with E-state index >= 15 is 0 Å². The number of ether oxygens (including phenoxy) is 1. The Balaban J connectivity index is 2.15. The third-order valence-electron chi connectivity index (χ3n) is 3.01. The summed E-state index contributed by atoms with van der Waals surface area (Å²) < 4.78 is 31.8. The van der Waals surface area contributed by atoms with Gasteiger partial charge < -0.3 is 4.74 Å². The van der Waals surface area contributed by atoms with Crippen molar-refractivity contribution in [2.24, 2.45) is 0 Å². The molecule has 2 rings (SSSR count).